The lowest BCUT2D eigenvalue weighted by atomic mass is 10.2. The molecular weight excluding hydrogens is 258 g/mol. The van der Waals surface area contributed by atoms with E-state index in [0.29, 0.717) is 13.0 Å². The largest absolute Gasteiger partial charge is 0.493 e. The summed E-state index contributed by atoms with van der Waals surface area (Å²) in [4.78, 5) is 12.5. The number of para-hydroxylation sites is 2. The molecule has 5 heteroatoms. The van der Waals surface area contributed by atoms with Crippen molar-refractivity contribution in [3.63, 3.8) is 0 Å². The zero-order chi connectivity index (χ0) is 14.8. The molecule has 0 saturated heterocycles. The molecular formula is C15H23NO4. The van der Waals surface area contributed by atoms with Crippen molar-refractivity contribution in [2.75, 3.05) is 33.9 Å². The Morgan fingerprint density at radius 2 is 1.90 bits per heavy atom. The Bertz CT molecular complexity index is 409. The second kappa shape index (κ2) is 9.20. The number of carboxylic acid groups (broad SMARTS) is 1. The fraction of sp³-hybridized carbons (Fsp3) is 0.533. The van der Waals surface area contributed by atoms with Crippen molar-refractivity contribution in [1.82, 2.24) is 4.90 Å². The molecule has 112 valence electrons. The summed E-state index contributed by atoms with van der Waals surface area (Å²) in [6.07, 6.45) is 1.84. The summed E-state index contributed by atoms with van der Waals surface area (Å²) in [6.45, 7) is 2.25. The molecule has 1 aromatic carbocycles. The first-order valence-corrected chi connectivity index (χ1v) is 6.79. The first kappa shape index (κ1) is 16.3. The van der Waals surface area contributed by atoms with Crippen LogP contribution in [0.5, 0.6) is 11.5 Å². The maximum atomic E-state index is 10.4. The van der Waals surface area contributed by atoms with E-state index in [1.54, 1.807) is 7.11 Å². The number of likely N-dealkylation sites (N-methyl/N-ethyl adjacent to an activating group) is 1. The van der Waals surface area contributed by atoms with Gasteiger partial charge in [0.05, 0.1) is 7.11 Å². The molecule has 0 heterocycles. The van der Waals surface area contributed by atoms with E-state index < -0.39 is 5.97 Å². The average Bonchev–Trinajstić information content (AvgIpc) is 2.44. The van der Waals surface area contributed by atoms with Crippen molar-refractivity contribution in [1.29, 1.82) is 0 Å². The van der Waals surface area contributed by atoms with Crippen LogP contribution < -0.4 is 9.47 Å². The van der Waals surface area contributed by atoms with Gasteiger partial charge in [-0.3, -0.25) is 4.79 Å². The molecule has 0 saturated carbocycles. The Morgan fingerprint density at radius 3 is 2.55 bits per heavy atom. The number of rotatable bonds is 10. The number of ether oxygens (including phenoxy) is 2. The molecule has 1 N–H and O–H groups in total. The number of aliphatic carboxylic acids is 1. The van der Waals surface area contributed by atoms with Crippen molar-refractivity contribution in [3.05, 3.63) is 24.3 Å². The molecule has 0 spiro atoms. The monoisotopic (exact) mass is 281 g/mol. The van der Waals surface area contributed by atoms with Crippen LogP contribution in [-0.2, 0) is 4.79 Å². The fourth-order valence-corrected chi connectivity index (χ4v) is 1.82. The standard InChI is InChI=1S/C15H23NO4/c1-16(10-6-5-9-15(17)18)11-12-20-14-8-4-3-7-13(14)19-2/h3-4,7-8H,5-6,9-12H2,1-2H3,(H,17,18). The van der Waals surface area contributed by atoms with Gasteiger partial charge in [0.25, 0.3) is 0 Å². The summed E-state index contributed by atoms with van der Waals surface area (Å²) >= 11 is 0. The predicted molar refractivity (Wildman–Crippen MR) is 77.5 cm³/mol. The van der Waals surface area contributed by atoms with E-state index in [4.69, 9.17) is 14.6 Å². The highest BCUT2D eigenvalue weighted by Gasteiger charge is 2.04. The number of methoxy groups -OCH3 is 1. The smallest absolute Gasteiger partial charge is 0.303 e. The third-order valence-electron chi connectivity index (χ3n) is 2.98. The van der Waals surface area contributed by atoms with E-state index in [2.05, 4.69) is 4.90 Å². The topological polar surface area (TPSA) is 59.0 Å². The van der Waals surface area contributed by atoms with Gasteiger partial charge in [-0.2, -0.15) is 0 Å². The molecule has 1 aromatic rings. The van der Waals surface area contributed by atoms with Crippen LogP contribution in [0, 0.1) is 0 Å². The quantitative estimate of drug-likeness (QED) is 0.667. The lowest BCUT2D eigenvalue weighted by Crippen LogP contribution is -2.25. The van der Waals surface area contributed by atoms with Gasteiger partial charge in [-0.15, -0.1) is 0 Å². The molecule has 20 heavy (non-hydrogen) atoms. The number of benzene rings is 1. The van der Waals surface area contributed by atoms with Crippen LogP contribution in [0.25, 0.3) is 0 Å². The third kappa shape index (κ3) is 6.43. The molecule has 0 aliphatic carbocycles. The minimum absolute atomic E-state index is 0.242. The number of carboxylic acids is 1. The summed E-state index contributed by atoms with van der Waals surface area (Å²) in [5.41, 5.74) is 0. The van der Waals surface area contributed by atoms with Crippen LogP contribution >= 0.6 is 0 Å². The van der Waals surface area contributed by atoms with Crippen LogP contribution in [0.3, 0.4) is 0 Å². The van der Waals surface area contributed by atoms with Gasteiger partial charge >= 0.3 is 5.97 Å². The predicted octanol–water partition coefficient (Wildman–Crippen LogP) is 2.26. The maximum absolute atomic E-state index is 10.4. The molecule has 0 aromatic heterocycles. The number of hydrogen-bond acceptors (Lipinski definition) is 4. The van der Waals surface area contributed by atoms with Crippen LogP contribution in [0.4, 0.5) is 0 Å². The highest BCUT2D eigenvalue weighted by atomic mass is 16.5. The van der Waals surface area contributed by atoms with Gasteiger partial charge in [-0.05, 0) is 38.6 Å². The minimum atomic E-state index is -0.729. The molecule has 0 radical (unpaired) electrons. The molecule has 0 fully saturated rings. The first-order chi connectivity index (χ1) is 9.63. The molecule has 0 amide bonds. The summed E-state index contributed by atoms with van der Waals surface area (Å²) in [5.74, 6) is 0.748. The number of nitrogens with zero attached hydrogens (tertiary/aromatic N) is 1. The van der Waals surface area contributed by atoms with Crippen LogP contribution in [0.15, 0.2) is 24.3 Å². The van der Waals surface area contributed by atoms with E-state index in [1.165, 1.54) is 0 Å². The lowest BCUT2D eigenvalue weighted by Gasteiger charge is -2.17. The van der Waals surface area contributed by atoms with Crippen molar-refractivity contribution in [2.24, 2.45) is 0 Å². The SMILES string of the molecule is COc1ccccc1OCCN(C)CCCCC(=O)O. The molecule has 0 aliphatic rings. The summed E-state index contributed by atoms with van der Waals surface area (Å²) in [6, 6.07) is 7.56. The van der Waals surface area contributed by atoms with Crippen molar-refractivity contribution < 1.29 is 19.4 Å². The molecule has 0 aliphatic heterocycles. The summed E-state index contributed by atoms with van der Waals surface area (Å²) in [5, 5.41) is 8.55. The molecule has 1 rings (SSSR count). The zero-order valence-corrected chi connectivity index (χ0v) is 12.2. The van der Waals surface area contributed by atoms with Crippen LogP contribution in [0.1, 0.15) is 19.3 Å². The number of unbranched alkanes of at least 4 members (excludes halogenated alkanes) is 1. The van der Waals surface area contributed by atoms with Gasteiger partial charge in [0.2, 0.25) is 0 Å². The Labute approximate surface area is 120 Å². The van der Waals surface area contributed by atoms with Gasteiger partial charge in [-0.1, -0.05) is 12.1 Å². The summed E-state index contributed by atoms with van der Waals surface area (Å²) < 4.78 is 10.9. The Morgan fingerprint density at radius 1 is 1.20 bits per heavy atom. The van der Waals surface area contributed by atoms with Gasteiger partial charge in [0, 0.05) is 13.0 Å². The number of carbonyl (C=O) groups is 1. The van der Waals surface area contributed by atoms with Crippen LogP contribution in [0.2, 0.25) is 0 Å². The molecule has 0 atom stereocenters. The van der Waals surface area contributed by atoms with E-state index >= 15 is 0 Å². The Kier molecular flexibility index (Phi) is 7.50. The van der Waals surface area contributed by atoms with Crippen molar-refractivity contribution in [2.45, 2.75) is 19.3 Å². The highest BCUT2D eigenvalue weighted by molar-refractivity contribution is 5.66. The Balaban J connectivity index is 2.18. The van der Waals surface area contributed by atoms with Gasteiger partial charge in [0.1, 0.15) is 6.61 Å². The second-order valence-corrected chi connectivity index (χ2v) is 4.65. The zero-order valence-electron chi connectivity index (χ0n) is 12.2. The minimum Gasteiger partial charge on any atom is -0.493 e. The molecule has 0 bridgehead atoms. The van der Waals surface area contributed by atoms with Crippen LogP contribution in [-0.4, -0.2) is 49.8 Å². The summed E-state index contributed by atoms with van der Waals surface area (Å²) in [7, 11) is 3.63. The fourth-order valence-electron chi connectivity index (χ4n) is 1.82. The van der Waals surface area contributed by atoms with E-state index in [-0.39, 0.29) is 6.42 Å². The third-order valence-corrected chi connectivity index (χ3v) is 2.98. The van der Waals surface area contributed by atoms with E-state index in [9.17, 15) is 4.79 Å². The van der Waals surface area contributed by atoms with Gasteiger partial charge in [-0.25, -0.2) is 0 Å². The van der Waals surface area contributed by atoms with E-state index in [0.717, 1.165) is 31.0 Å². The lowest BCUT2D eigenvalue weighted by molar-refractivity contribution is -0.137. The normalized spacial score (nSPS) is 10.6. The first-order valence-electron chi connectivity index (χ1n) is 6.79. The van der Waals surface area contributed by atoms with Crippen molar-refractivity contribution in [3.8, 4) is 11.5 Å². The van der Waals surface area contributed by atoms with Crippen molar-refractivity contribution >= 4 is 5.97 Å². The van der Waals surface area contributed by atoms with Gasteiger partial charge < -0.3 is 19.5 Å². The molecule has 0 unspecified atom stereocenters. The molecule has 5 nitrogen and oxygen atoms in total. The van der Waals surface area contributed by atoms with E-state index in [1.807, 2.05) is 31.3 Å². The second-order valence-electron chi connectivity index (χ2n) is 4.65. The number of hydrogen-bond donors (Lipinski definition) is 1. The maximum Gasteiger partial charge on any atom is 0.303 e. The highest BCUT2D eigenvalue weighted by Crippen LogP contribution is 2.25. The average molecular weight is 281 g/mol. The Hall–Kier alpha value is -1.75. The van der Waals surface area contributed by atoms with Gasteiger partial charge in [0.15, 0.2) is 11.5 Å².